The van der Waals surface area contributed by atoms with E-state index >= 15 is 0 Å². The number of nitrogens with one attached hydrogen (secondary N) is 3. The Morgan fingerprint density at radius 3 is 2.24 bits per heavy atom. The summed E-state index contributed by atoms with van der Waals surface area (Å²) < 4.78 is 0. The average molecular weight is 498 g/mol. The molecule has 0 saturated carbocycles. The monoisotopic (exact) mass is 497 g/mol. The number of imidazole rings is 1. The van der Waals surface area contributed by atoms with E-state index in [1.54, 1.807) is 0 Å². The lowest BCUT2D eigenvalue weighted by molar-refractivity contribution is 0.430. The third-order valence-electron chi connectivity index (χ3n) is 7.75. The summed E-state index contributed by atoms with van der Waals surface area (Å²) >= 11 is 0. The van der Waals surface area contributed by atoms with Gasteiger partial charge >= 0.3 is 0 Å². The number of aromatic nitrogens is 3. The summed E-state index contributed by atoms with van der Waals surface area (Å²) in [5.41, 5.74) is 7.81. The zero-order valence-electron chi connectivity index (χ0n) is 22.1. The Kier molecular flexibility index (Phi) is 5.15. The lowest BCUT2D eigenvalue weighted by Gasteiger charge is -2.17. The zero-order chi connectivity index (χ0) is 26.0. The van der Waals surface area contributed by atoms with Crippen molar-refractivity contribution in [1.29, 1.82) is 0 Å². The molecule has 0 radical (unpaired) electrons. The van der Waals surface area contributed by atoms with Crippen LogP contribution >= 0.6 is 0 Å². The first kappa shape index (κ1) is 22.8. The largest absolute Gasteiger partial charge is 0.369 e. The molecule has 0 aliphatic carbocycles. The number of H-pyrrole nitrogens is 1. The predicted octanol–water partition coefficient (Wildman–Crippen LogP) is 7.68. The van der Waals surface area contributed by atoms with Crippen LogP contribution < -0.4 is 10.6 Å². The number of fused-ring (bicyclic) bond motifs is 7. The maximum Gasteiger partial charge on any atom is 0.109 e. The molecular weight excluding hydrogens is 466 g/mol. The fourth-order valence-corrected chi connectivity index (χ4v) is 5.55. The molecule has 0 bridgehead atoms. The van der Waals surface area contributed by atoms with E-state index in [4.69, 9.17) is 9.97 Å². The molecule has 6 aromatic rings. The van der Waals surface area contributed by atoms with Gasteiger partial charge in [-0.05, 0) is 63.7 Å². The van der Waals surface area contributed by atoms with Crippen molar-refractivity contribution >= 4 is 49.2 Å². The number of nitrogens with zero attached hydrogens (tertiary/aromatic N) is 2. The highest BCUT2D eigenvalue weighted by Gasteiger charge is 2.19. The quantitative estimate of drug-likeness (QED) is 0.219. The van der Waals surface area contributed by atoms with Crippen molar-refractivity contribution in [2.24, 2.45) is 5.92 Å². The number of hydrogen-bond donors (Lipinski definition) is 3. The van der Waals surface area contributed by atoms with Crippen LogP contribution in [0.15, 0.2) is 79.1 Å². The molecule has 0 fully saturated rings. The average Bonchev–Trinajstić information content (AvgIpc) is 3.61. The number of benzene rings is 4. The van der Waals surface area contributed by atoms with Gasteiger partial charge < -0.3 is 15.6 Å². The summed E-state index contributed by atoms with van der Waals surface area (Å²) in [4.78, 5) is 13.3. The molecule has 0 spiro atoms. The first-order valence-corrected chi connectivity index (χ1v) is 13.4. The maximum absolute atomic E-state index is 4.95. The van der Waals surface area contributed by atoms with Crippen LogP contribution in [-0.2, 0) is 0 Å². The van der Waals surface area contributed by atoms with Crippen molar-refractivity contribution in [3.63, 3.8) is 0 Å². The fourth-order valence-electron chi connectivity index (χ4n) is 5.55. The summed E-state index contributed by atoms with van der Waals surface area (Å²) in [6.07, 6.45) is 4.24. The van der Waals surface area contributed by atoms with Crippen LogP contribution in [0.3, 0.4) is 0 Å². The molecule has 1 atom stereocenters. The summed E-state index contributed by atoms with van der Waals surface area (Å²) in [6.45, 7) is 8.77. The van der Waals surface area contributed by atoms with Crippen LogP contribution in [0.1, 0.15) is 45.0 Å². The lowest BCUT2D eigenvalue weighted by Crippen LogP contribution is -2.36. The van der Waals surface area contributed by atoms with Gasteiger partial charge in [0.05, 0.1) is 28.4 Å². The molecule has 3 heterocycles. The van der Waals surface area contributed by atoms with Crippen molar-refractivity contribution in [3.8, 4) is 11.1 Å². The molecule has 3 N–H and O–H groups in total. The summed E-state index contributed by atoms with van der Waals surface area (Å²) in [5.74, 6) is 1.85. The van der Waals surface area contributed by atoms with Gasteiger partial charge in [-0.15, -0.1) is 0 Å². The number of pyridine rings is 1. The van der Waals surface area contributed by atoms with Gasteiger partial charge in [-0.25, -0.2) is 4.98 Å². The zero-order valence-corrected chi connectivity index (χ0v) is 22.1. The molecule has 2 aromatic heterocycles. The summed E-state index contributed by atoms with van der Waals surface area (Å²) in [5, 5.41) is 12.9. The third-order valence-corrected chi connectivity index (χ3v) is 7.75. The van der Waals surface area contributed by atoms with E-state index in [1.165, 1.54) is 27.5 Å². The van der Waals surface area contributed by atoms with Crippen LogP contribution in [0, 0.1) is 5.92 Å². The van der Waals surface area contributed by atoms with Crippen LogP contribution in [0.25, 0.3) is 60.3 Å². The molecule has 188 valence electrons. The van der Waals surface area contributed by atoms with Gasteiger partial charge in [0.1, 0.15) is 5.82 Å². The minimum atomic E-state index is 0.279. The molecule has 1 aliphatic heterocycles. The molecule has 4 aromatic carbocycles. The molecule has 1 unspecified atom stereocenters. The lowest BCUT2D eigenvalue weighted by atomic mass is 9.96. The van der Waals surface area contributed by atoms with Crippen LogP contribution in [0.5, 0.6) is 0 Å². The number of hydrogen-bond acceptors (Lipinski definition) is 4. The second-order valence-corrected chi connectivity index (χ2v) is 11.0. The summed E-state index contributed by atoms with van der Waals surface area (Å²) in [7, 11) is 0. The van der Waals surface area contributed by atoms with Gasteiger partial charge in [0.2, 0.25) is 0 Å². The highest BCUT2D eigenvalue weighted by molar-refractivity contribution is 6.22. The smallest absolute Gasteiger partial charge is 0.109 e. The Balaban J connectivity index is 1.32. The maximum atomic E-state index is 4.95. The van der Waals surface area contributed by atoms with Gasteiger partial charge in [-0.1, -0.05) is 64.1 Å². The van der Waals surface area contributed by atoms with Crippen molar-refractivity contribution in [1.82, 2.24) is 25.6 Å². The molecule has 5 nitrogen and oxygen atoms in total. The molecule has 1 aliphatic rings. The topological polar surface area (TPSA) is 65.6 Å². The molecule has 0 saturated heterocycles. The molecular formula is C33H31N5. The number of aromatic amines is 1. The van der Waals surface area contributed by atoms with Crippen LogP contribution in [-0.4, -0.2) is 21.1 Å². The van der Waals surface area contributed by atoms with E-state index in [-0.39, 0.29) is 6.17 Å². The fraction of sp³-hybridized carbons (Fsp3) is 0.212. The third kappa shape index (κ3) is 3.61. The Morgan fingerprint density at radius 1 is 0.737 bits per heavy atom. The van der Waals surface area contributed by atoms with Crippen LogP contribution in [0.2, 0.25) is 0 Å². The molecule has 5 heteroatoms. The summed E-state index contributed by atoms with van der Waals surface area (Å²) in [6, 6.07) is 24.3. The Hall–Kier alpha value is -4.38. The second kappa shape index (κ2) is 8.59. The molecule has 7 rings (SSSR count). The van der Waals surface area contributed by atoms with E-state index in [9.17, 15) is 0 Å². The van der Waals surface area contributed by atoms with Crippen molar-refractivity contribution in [2.45, 2.75) is 39.8 Å². The minimum absolute atomic E-state index is 0.279. The van der Waals surface area contributed by atoms with Crippen molar-refractivity contribution in [3.05, 3.63) is 90.5 Å². The predicted molar refractivity (Wildman–Crippen MR) is 159 cm³/mol. The molecule has 0 amide bonds. The van der Waals surface area contributed by atoms with E-state index in [0.29, 0.717) is 11.8 Å². The van der Waals surface area contributed by atoms with E-state index in [0.717, 1.165) is 44.2 Å². The Morgan fingerprint density at radius 2 is 1.47 bits per heavy atom. The van der Waals surface area contributed by atoms with E-state index in [2.05, 4.69) is 110 Å². The highest BCUT2D eigenvalue weighted by atomic mass is 15.2. The Bertz CT molecular complexity index is 1890. The van der Waals surface area contributed by atoms with Gasteiger partial charge in [0, 0.05) is 34.5 Å². The van der Waals surface area contributed by atoms with E-state index < -0.39 is 0 Å². The molecule has 38 heavy (non-hydrogen) atoms. The van der Waals surface area contributed by atoms with Gasteiger partial charge in [0.25, 0.3) is 0 Å². The van der Waals surface area contributed by atoms with Gasteiger partial charge in [0.15, 0.2) is 0 Å². The second-order valence-electron chi connectivity index (χ2n) is 11.0. The first-order chi connectivity index (χ1) is 18.5. The van der Waals surface area contributed by atoms with Gasteiger partial charge in [-0.3, -0.25) is 4.98 Å². The Labute approximate surface area is 222 Å². The van der Waals surface area contributed by atoms with Crippen LogP contribution in [0.4, 0.5) is 0 Å². The van der Waals surface area contributed by atoms with Crippen molar-refractivity contribution < 1.29 is 0 Å². The van der Waals surface area contributed by atoms with Crippen molar-refractivity contribution in [2.75, 3.05) is 0 Å². The standard InChI is InChI=1S/C33H31N5/c1-18(2)32-35-17-28(36-32)24-10-9-20-14-21(7-8-22(20)15-24)23-11-12-25-27(16-23)29-26(6-5-13-34-29)31-30(25)37-33(38-31)19(3)4/h5-19,32,35-36H,1-4H3,(H,37,38). The first-order valence-electron chi connectivity index (χ1n) is 13.4. The number of rotatable bonds is 4. The minimum Gasteiger partial charge on any atom is -0.369 e. The van der Waals surface area contributed by atoms with Gasteiger partial charge in [-0.2, -0.15) is 0 Å². The highest BCUT2D eigenvalue weighted by Crippen LogP contribution is 2.36. The SMILES string of the molecule is CC(C)c1nc2c3cccnc3c3cc(-c4ccc5cc(C6=CNC(C(C)C)N6)ccc5c4)ccc3c2[nH]1. The van der Waals surface area contributed by atoms with E-state index in [1.807, 2.05) is 12.3 Å². The normalized spacial score (nSPS) is 15.6.